The zero-order valence-electron chi connectivity index (χ0n) is 18.1. The third-order valence-electron chi connectivity index (χ3n) is 6.54. The molecule has 0 bridgehead atoms. The van der Waals surface area contributed by atoms with Gasteiger partial charge >= 0.3 is 0 Å². The van der Waals surface area contributed by atoms with Gasteiger partial charge in [-0.15, -0.1) is 0 Å². The van der Waals surface area contributed by atoms with E-state index in [0.29, 0.717) is 23.9 Å². The highest BCUT2D eigenvalue weighted by Crippen LogP contribution is 2.61. The Kier molecular flexibility index (Phi) is 5.88. The van der Waals surface area contributed by atoms with Crippen molar-refractivity contribution in [2.45, 2.75) is 70.1 Å². The Morgan fingerprint density at radius 3 is 2.90 bits per heavy atom. The Hall–Kier alpha value is -1.76. The fourth-order valence-electron chi connectivity index (χ4n) is 4.88. The molecule has 31 heavy (non-hydrogen) atoms. The number of amides is 1. The summed E-state index contributed by atoms with van der Waals surface area (Å²) in [4.78, 5) is 13.8. The van der Waals surface area contributed by atoms with Crippen molar-refractivity contribution in [1.82, 2.24) is 14.9 Å². The maximum atomic E-state index is 11.9. The van der Waals surface area contributed by atoms with E-state index in [0.717, 1.165) is 19.4 Å². The van der Waals surface area contributed by atoms with Crippen molar-refractivity contribution in [1.29, 1.82) is 0 Å². The molecule has 5 rings (SSSR count). The summed E-state index contributed by atoms with van der Waals surface area (Å²) in [5.41, 5.74) is 1.86. The first-order chi connectivity index (χ1) is 15.0. The molecule has 0 unspecified atom stereocenters. The number of nitrogens with one attached hydrogen (secondary N) is 1. The molecule has 0 aliphatic carbocycles. The molecule has 7 nitrogen and oxygen atoms in total. The van der Waals surface area contributed by atoms with Gasteiger partial charge in [0.15, 0.2) is 0 Å². The highest BCUT2D eigenvalue weighted by atomic mass is 31.2. The minimum Gasteiger partial charge on any atom is -0.352 e. The molecule has 4 heterocycles. The van der Waals surface area contributed by atoms with Gasteiger partial charge in [0, 0.05) is 30.8 Å². The number of hydrogen-bond acceptors (Lipinski definition) is 6. The van der Waals surface area contributed by atoms with Crippen molar-refractivity contribution in [3.05, 3.63) is 60.1 Å². The Balaban J connectivity index is 1.30. The van der Waals surface area contributed by atoms with Crippen LogP contribution in [0.5, 0.6) is 0 Å². The summed E-state index contributed by atoms with van der Waals surface area (Å²) in [5.74, 6) is 0.427. The molecule has 0 radical (unpaired) electrons. The van der Waals surface area contributed by atoms with Gasteiger partial charge in [-0.25, -0.2) is 4.67 Å². The molecular formula is C23H30N3O4P. The Bertz CT molecular complexity index is 879. The summed E-state index contributed by atoms with van der Waals surface area (Å²) >= 11 is 0. The lowest BCUT2D eigenvalue weighted by Crippen LogP contribution is -2.42. The largest absolute Gasteiger partial charge is 0.352 e. The second kappa shape index (κ2) is 8.64. The van der Waals surface area contributed by atoms with Crippen LogP contribution < -0.4 is 5.32 Å². The van der Waals surface area contributed by atoms with E-state index in [-0.39, 0.29) is 30.4 Å². The molecule has 1 amide bonds. The molecule has 3 fully saturated rings. The maximum Gasteiger partial charge on any atom is 0.260 e. The lowest BCUT2D eigenvalue weighted by molar-refractivity contribution is -0.118. The van der Waals surface area contributed by atoms with Crippen LogP contribution in [0.1, 0.15) is 51.2 Å². The number of fused-ring (bicyclic) bond motifs is 1. The van der Waals surface area contributed by atoms with E-state index in [1.165, 1.54) is 12.0 Å². The van der Waals surface area contributed by atoms with Gasteiger partial charge in [0.05, 0.1) is 12.2 Å². The number of carbonyl (C=O) groups excluding carboxylic acids is 1. The van der Waals surface area contributed by atoms with Gasteiger partial charge in [0.25, 0.3) is 14.4 Å². The first kappa shape index (κ1) is 21.1. The highest BCUT2D eigenvalue weighted by molar-refractivity contribution is 7.44. The number of ether oxygens (including phenoxy) is 1. The molecule has 0 spiro atoms. The topological polar surface area (TPSA) is 63.3 Å². The second-order valence-electron chi connectivity index (χ2n) is 8.58. The van der Waals surface area contributed by atoms with Gasteiger partial charge in [-0.05, 0) is 31.7 Å². The van der Waals surface area contributed by atoms with Crippen molar-refractivity contribution in [2.24, 2.45) is 0 Å². The monoisotopic (exact) mass is 443 g/mol. The van der Waals surface area contributed by atoms with E-state index in [1.807, 2.05) is 17.2 Å². The van der Waals surface area contributed by atoms with Crippen LogP contribution in [0.3, 0.4) is 0 Å². The second-order valence-corrected chi connectivity index (χ2v) is 10.00. The molecule has 6 atom stereocenters. The van der Waals surface area contributed by atoms with Crippen molar-refractivity contribution in [3.8, 4) is 0 Å². The average Bonchev–Trinajstić information content (AvgIpc) is 3.48. The van der Waals surface area contributed by atoms with Crippen molar-refractivity contribution >= 4 is 14.4 Å². The lowest BCUT2D eigenvalue weighted by atomic mass is 10.0. The van der Waals surface area contributed by atoms with Crippen LogP contribution in [0, 0.1) is 0 Å². The van der Waals surface area contributed by atoms with E-state index in [2.05, 4.69) is 47.8 Å². The van der Waals surface area contributed by atoms with Gasteiger partial charge in [0.1, 0.15) is 18.2 Å². The summed E-state index contributed by atoms with van der Waals surface area (Å²) in [7, 11) is -1.13. The minimum atomic E-state index is -1.13. The number of hydrogen-bond donors (Lipinski definition) is 1. The van der Waals surface area contributed by atoms with E-state index < -0.39 is 8.53 Å². The molecule has 3 saturated heterocycles. The highest BCUT2D eigenvalue weighted by Gasteiger charge is 2.50. The molecule has 1 aromatic carbocycles. The molecule has 166 valence electrons. The lowest BCUT2D eigenvalue weighted by Gasteiger charge is -2.32. The number of nitrogens with zero attached hydrogens (tertiary/aromatic N) is 2. The van der Waals surface area contributed by atoms with Crippen LogP contribution in [0.2, 0.25) is 0 Å². The smallest absolute Gasteiger partial charge is 0.260 e. The van der Waals surface area contributed by atoms with Crippen molar-refractivity contribution < 1.29 is 18.6 Å². The standard InChI is InChI=1S/C23H30N3O4P/c1-4-19-20(13-21(28-19)25-14-15(2)23(27)24-16(25)3)29-31-26-12-8-11-18(26)22(30-31)17-9-6-5-7-10-17/h5-7,9-10,14,18-22H,3-4,8,11-13H2,1-2H3,(H,24,27)/t18-,19-,20-,21-,22+,31-/m1/s1. The van der Waals surface area contributed by atoms with Crippen LogP contribution in [0.25, 0.3) is 0 Å². The van der Waals surface area contributed by atoms with E-state index in [1.54, 1.807) is 6.92 Å². The van der Waals surface area contributed by atoms with Gasteiger partial charge < -0.3 is 24.0 Å². The van der Waals surface area contributed by atoms with Crippen LogP contribution >= 0.6 is 8.53 Å². The van der Waals surface area contributed by atoms with Gasteiger partial charge in [-0.1, -0.05) is 43.8 Å². The SMILES string of the molecule is C=C1NC(=O)C(C)=CN1[C@H]1C[C@@H](O[P@]2O[C@@H](c3ccccc3)[C@H]3CCCN32)[C@@H](CC)O1. The molecule has 4 aliphatic rings. The van der Waals surface area contributed by atoms with Crippen LogP contribution in [-0.2, 0) is 18.6 Å². The Labute approximate surface area is 185 Å². The van der Waals surface area contributed by atoms with Crippen LogP contribution in [0.4, 0.5) is 0 Å². The van der Waals surface area contributed by atoms with E-state index >= 15 is 0 Å². The quantitative estimate of drug-likeness (QED) is 0.690. The predicted molar refractivity (Wildman–Crippen MR) is 118 cm³/mol. The normalized spacial score (nSPS) is 35.9. The summed E-state index contributed by atoms with van der Waals surface area (Å²) in [5, 5.41) is 2.81. The molecule has 4 aliphatic heterocycles. The van der Waals surface area contributed by atoms with Gasteiger partial charge in [0.2, 0.25) is 0 Å². The van der Waals surface area contributed by atoms with Crippen molar-refractivity contribution in [3.63, 3.8) is 0 Å². The molecule has 1 N–H and O–H groups in total. The zero-order chi connectivity index (χ0) is 21.5. The van der Waals surface area contributed by atoms with Crippen molar-refractivity contribution in [2.75, 3.05) is 6.54 Å². The molecule has 8 heteroatoms. The molecule has 0 aromatic heterocycles. The number of carbonyl (C=O) groups is 1. The first-order valence-corrected chi connectivity index (χ1v) is 12.3. The van der Waals surface area contributed by atoms with Gasteiger partial charge in [-0.3, -0.25) is 4.79 Å². The third kappa shape index (κ3) is 3.94. The predicted octanol–water partition coefficient (Wildman–Crippen LogP) is 4.17. The Morgan fingerprint density at radius 1 is 1.32 bits per heavy atom. The van der Waals surface area contributed by atoms with E-state index in [9.17, 15) is 4.79 Å². The van der Waals surface area contributed by atoms with Crippen LogP contribution in [-0.4, -0.2) is 46.5 Å². The average molecular weight is 443 g/mol. The Morgan fingerprint density at radius 2 is 2.13 bits per heavy atom. The first-order valence-electron chi connectivity index (χ1n) is 11.1. The molecule has 0 saturated carbocycles. The zero-order valence-corrected chi connectivity index (χ0v) is 19.0. The molecule has 1 aromatic rings. The third-order valence-corrected chi connectivity index (χ3v) is 8.31. The van der Waals surface area contributed by atoms with E-state index in [4.69, 9.17) is 13.8 Å². The van der Waals surface area contributed by atoms with Crippen LogP contribution in [0.15, 0.2) is 54.5 Å². The fraction of sp³-hybridized carbons (Fsp3) is 0.522. The summed E-state index contributed by atoms with van der Waals surface area (Å²) in [6.07, 6.45) is 5.46. The summed E-state index contributed by atoms with van der Waals surface area (Å²) in [6, 6.07) is 10.9. The number of benzene rings is 1. The number of rotatable bonds is 5. The summed E-state index contributed by atoms with van der Waals surface area (Å²) in [6.45, 7) is 8.92. The van der Waals surface area contributed by atoms with Gasteiger partial charge in [-0.2, -0.15) is 0 Å². The minimum absolute atomic E-state index is 0.0212. The maximum absolute atomic E-state index is 11.9. The fourth-order valence-corrected chi connectivity index (χ4v) is 6.87. The molecular weight excluding hydrogens is 413 g/mol. The summed E-state index contributed by atoms with van der Waals surface area (Å²) < 4.78 is 21.9.